The van der Waals surface area contributed by atoms with E-state index in [-0.39, 0.29) is 6.61 Å². The van der Waals surface area contributed by atoms with E-state index in [9.17, 15) is 9.59 Å². The van der Waals surface area contributed by atoms with E-state index in [1.165, 1.54) is 0 Å². The first-order chi connectivity index (χ1) is 9.99. The van der Waals surface area contributed by atoms with Gasteiger partial charge in [-0.15, -0.1) is 0 Å². The third kappa shape index (κ3) is 7.31. The number of carbonyl (C=O) groups excluding carboxylic acids is 1. The summed E-state index contributed by atoms with van der Waals surface area (Å²) in [6.45, 7) is 0.890. The molecule has 1 aromatic carbocycles. The van der Waals surface area contributed by atoms with Crippen LogP contribution in [0.2, 0.25) is 0 Å². The van der Waals surface area contributed by atoms with Crippen LogP contribution in [0.5, 0.6) is 0 Å². The van der Waals surface area contributed by atoms with Crippen LogP contribution < -0.4 is 5.32 Å². The molecule has 21 heavy (non-hydrogen) atoms. The lowest BCUT2D eigenvalue weighted by molar-refractivity contribution is -0.139. The number of carboxylic acids is 1. The molecule has 0 bridgehead atoms. The molecule has 0 spiro atoms. The standard InChI is InChI=1S/C15H22N2O4/c1-17(2)10-6-9-13(14(18)19)16-15(20)21-11-12-7-4-3-5-8-12/h3-5,7-8,13H,6,9-11H2,1-2H3,(H,16,20)(H,18,19)/t13-/m0/s1. The van der Waals surface area contributed by atoms with Gasteiger partial charge in [0.15, 0.2) is 0 Å². The molecule has 1 rings (SSSR count). The van der Waals surface area contributed by atoms with Crippen LogP contribution in [-0.4, -0.2) is 48.8 Å². The fourth-order valence-corrected chi connectivity index (χ4v) is 1.78. The van der Waals surface area contributed by atoms with Crippen molar-refractivity contribution >= 4 is 12.1 Å². The highest BCUT2D eigenvalue weighted by Gasteiger charge is 2.20. The van der Waals surface area contributed by atoms with Gasteiger partial charge in [0.1, 0.15) is 12.6 Å². The Bertz CT molecular complexity index is 448. The second-order valence-corrected chi connectivity index (χ2v) is 5.04. The van der Waals surface area contributed by atoms with E-state index in [1.54, 1.807) is 0 Å². The number of carboxylic acid groups (broad SMARTS) is 1. The largest absolute Gasteiger partial charge is 0.480 e. The predicted octanol–water partition coefficient (Wildman–Crippen LogP) is 1.71. The van der Waals surface area contributed by atoms with Crippen LogP contribution in [0.4, 0.5) is 4.79 Å². The van der Waals surface area contributed by atoms with E-state index in [1.807, 2.05) is 49.3 Å². The number of alkyl carbamates (subject to hydrolysis) is 1. The SMILES string of the molecule is CN(C)CCC[C@H](NC(=O)OCc1ccccc1)C(=O)O. The Balaban J connectivity index is 2.36. The molecule has 2 N–H and O–H groups in total. The van der Waals surface area contributed by atoms with Crippen LogP contribution in [0.25, 0.3) is 0 Å². The molecule has 0 aromatic heterocycles. The number of rotatable bonds is 8. The van der Waals surface area contributed by atoms with Gasteiger partial charge in [0.05, 0.1) is 0 Å². The maximum Gasteiger partial charge on any atom is 0.408 e. The average molecular weight is 294 g/mol. The number of aliphatic carboxylic acids is 1. The van der Waals surface area contributed by atoms with Crippen LogP contribution in [0.3, 0.4) is 0 Å². The summed E-state index contributed by atoms with van der Waals surface area (Å²) in [4.78, 5) is 24.7. The number of benzene rings is 1. The molecular formula is C15H22N2O4. The van der Waals surface area contributed by atoms with Crippen molar-refractivity contribution in [2.45, 2.75) is 25.5 Å². The topological polar surface area (TPSA) is 78.9 Å². The summed E-state index contributed by atoms with van der Waals surface area (Å²) >= 11 is 0. The van der Waals surface area contributed by atoms with E-state index < -0.39 is 18.1 Å². The first kappa shape index (κ1) is 17.0. The fraction of sp³-hybridized carbons (Fsp3) is 0.467. The molecular weight excluding hydrogens is 272 g/mol. The minimum atomic E-state index is -1.05. The van der Waals surface area contributed by atoms with Gasteiger partial charge in [-0.3, -0.25) is 0 Å². The molecule has 0 saturated heterocycles. The second kappa shape index (κ2) is 8.97. The zero-order valence-electron chi connectivity index (χ0n) is 12.4. The number of carbonyl (C=O) groups is 2. The quantitative estimate of drug-likeness (QED) is 0.763. The van der Waals surface area contributed by atoms with E-state index in [4.69, 9.17) is 9.84 Å². The summed E-state index contributed by atoms with van der Waals surface area (Å²) in [5.74, 6) is -1.05. The van der Waals surface area contributed by atoms with Gasteiger partial charge >= 0.3 is 12.1 Å². The number of ether oxygens (including phenoxy) is 1. The van der Waals surface area contributed by atoms with Gasteiger partial charge in [-0.05, 0) is 39.0 Å². The van der Waals surface area contributed by atoms with Crippen molar-refractivity contribution in [3.63, 3.8) is 0 Å². The van der Waals surface area contributed by atoms with Gasteiger partial charge in [0.2, 0.25) is 0 Å². The van der Waals surface area contributed by atoms with Crippen molar-refractivity contribution in [1.29, 1.82) is 0 Å². The third-order valence-corrected chi connectivity index (χ3v) is 2.90. The molecule has 0 aliphatic rings. The lowest BCUT2D eigenvalue weighted by Crippen LogP contribution is -2.41. The van der Waals surface area contributed by atoms with Crippen molar-refractivity contribution in [2.75, 3.05) is 20.6 Å². The van der Waals surface area contributed by atoms with Gasteiger partial charge in [0, 0.05) is 0 Å². The highest BCUT2D eigenvalue weighted by Crippen LogP contribution is 2.03. The number of nitrogens with zero attached hydrogens (tertiary/aromatic N) is 1. The highest BCUT2D eigenvalue weighted by molar-refractivity contribution is 5.79. The van der Waals surface area contributed by atoms with Crippen LogP contribution in [0.15, 0.2) is 30.3 Å². The summed E-state index contributed by atoms with van der Waals surface area (Å²) < 4.78 is 5.01. The minimum absolute atomic E-state index is 0.122. The molecule has 1 amide bonds. The molecule has 0 radical (unpaired) electrons. The van der Waals surface area contributed by atoms with Gasteiger partial charge in [-0.1, -0.05) is 30.3 Å². The molecule has 0 aliphatic carbocycles. The zero-order valence-corrected chi connectivity index (χ0v) is 12.4. The molecule has 0 aliphatic heterocycles. The molecule has 1 atom stereocenters. The number of hydrogen-bond donors (Lipinski definition) is 2. The third-order valence-electron chi connectivity index (χ3n) is 2.90. The van der Waals surface area contributed by atoms with Gasteiger partial charge in [-0.25, -0.2) is 9.59 Å². The van der Waals surface area contributed by atoms with Crippen molar-refractivity contribution in [2.24, 2.45) is 0 Å². The second-order valence-electron chi connectivity index (χ2n) is 5.04. The number of amides is 1. The summed E-state index contributed by atoms with van der Waals surface area (Å²) in [6, 6.07) is 8.30. The minimum Gasteiger partial charge on any atom is -0.480 e. The number of nitrogens with one attached hydrogen (secondary N) is 1. The zero-order chi connectivity index (χ0) is 15.7. The molecule has 6 nitrogen and oxygen atoms in total. The Labute approximate surface area is 124 Å². The Morgan fingerprint density at radius 3 is 2.52 bits per heavy atom. The average Bonchev–Trinajstić information content (AvgIpc) is 2.44. The monoisotopic (exact) mass is 294 g/mol. The summed E-state index contributed by atoms with van der Waals surface area (Å²) in [5.41, 5.74) is 0.854. The van der Waals surface area contributed by atoms with Crippen molar-refractivity contribution in [1.82, 2.24) is 10.2 Å². The molecule has 0 unspecified atom stereocenters. The molecule has 0 saturated carbocycles. The highest BCUT2D eigenvalue weighted by atomic mass is 16.5. The smallest absolute Gasteiger partial charge is 0.408 e. The van der Waals surface area contributed by atoms with E-state index >= 15 is 0 Å². The first-order valence-electron chi connectivity index (χ1n) is 6.84. The fourth-order valence-electron chi connectivity index (χ4n) is 1.78. The maximum atomic E-state index is 11.6. The Hall–Kier alpha value is -2.08. The summed E-state index contributed by atoms with van der Waals surface area (Å²) in [5, 5.41) is 11.5. The van der Waals surface area contributed by atoms with Crippen LogP contribution in [0, 0.1) is 0 Å². The van der Waals surface area contributed by atoms with E-state index in [0.717, 1.165) is 12.1 Å². The lowest BCUT2D eigenvalue weighted by atomic mass is 10.1. The van der Waals surface area contributed by atoms with Gasteiger partial charge in [0.25, 0.3) is 0 Å². The Morgan fingerprint density at radius 1 is 1.29 bits per heavy atom. The summed E-state index contributed by atoms with van der Waals surface area (Å²) in [7, 11) is 3.83. The van der Waals surface area contributed by atoms with Crippen LogP contribution in [-0.2, 0) is 16.1 Å². The van der Waals surface area contributed by atoms with Crippen LogP contribution in [0.1, 0.15) is 18.4 Å². The van der Waals surface area contributed by atoms with Crippen molar-refractivity contribution in [3.8, 4) is 0 Å². The maximum absolute atomic E-state index is 11.6. The Kier molecular flexibility index (Phi) is 7.25. The normalized spacial score (nSPS) is 12.0. The predicted molar refractivity (Wildman–Crippen MR) is 79.0 cm³/mol. The van der Waals surface area contributed by atoms with Gasteiger partial charge < -0.3 is 20.1 Å². The molecule has 0 heterocycles. The van der Waals surface area contributed by atoms with E-state index in [0.29, 0.717) is 12.8 Å². The molecule has 0 fully saturated rings. The molecule has 6 heteroatoms. The Morgan fingerprint density at radius 2 is 1.95 bits per heavy atom. The van der Waals surface area contributed by atoms with Gasteiger partial charge in [-0.2, -0.15) is 0 Å². The molecule has 1 aromatic rings. The lowest BCUT2D eigenvalue weighted by Gasteiger charge is -2.16. The summed E-state index contributed by atoms with van der Waals surface area (Å²) in [6.07, 6.45) is 0.341. The van der Waals surface area contributed by atoms with E-state index in [2.05, 4.69) is 5.32 Å². The van der Waals surface area contributed by atoms with Crippen molar-refractivity contribution in [3.05, 3.63) is 35.9 Å². The van der Waals surface area contributed by atoms with Crippen LogP contribution >= 0.6 is 0 Å². The van der Waals surface area contributed by atoms with Crippen molar-refractivity contribution < 1.29 is 19.4 Å². The number of hydrogen-bond acceptors (Lipinski definition) is 4. The molecule has 116 valence electrons. The first-order valence-corrected chi connectivity index (χ1v) is 6.84.